The van der Waals surface area contributed by atoms with Crippen molar-refractivity contribution < 1.29 is 33.7 Å². The van der Waals surface area contributed by atoms with E-state index in [2.05, 4.69) is 13.8 Å². The molecular weight excluding hydrogens is 400 g/mol. The third-order valence-electron chi connectivity index (χ3n) is 10.3. The third kappa shape index (κ3) is 1.94. The van der Waals surface area contributed by atoms with E-state index in [4.69, 9.17) is 14.2 Å². The molecule has 4 aliphatic carbocycles. The molecule has 0 aromatic carbocycles. The van der Waals surface area contributed by atoms with Crippen molar-refractivity contribution in [2.24, 2.45) is 22.7 Å². The monoisotopic (exact) mass is 430 g/mol. The van der Waals surface area contributed by atoms with Gasteiger partial charge in [-0.15, -0.1) is 0 Å². The smallest absolute Gasteiger partial charge is 0.314 e. The van der Waals surface area contributed by atoms with Crippen LogP contribution in [0.25, 0.3) is 0 Å². The number of rotatable bonds is 3. The Kier molecular flexibility index (Phi) is 3.60. The zero-order valence-electron chi connectivity index (χ0n) is 18.4. The molecule has 2 saturated heterocycles. The predicted molar refractivity (Wildman–Crippen MR) is 107 cm³/mol. The van der Waals surface area contributed by atoms with E-state index in [1.165, 1.54) is 7.11 Å². The molecule has 6 aliphatic rings. The van der Waals surface area contributed by atoms with Gasteiger partial charge in [-0.25, -0.2) is 0 Å². The summed E-state index contributed by atoms with van der Waals surface area (Å²) >= 11 is 0. The van der Waals surface area contributed by atoms with Gasteiger partial charge in [0.05, 0.1) is 18.8 Å². The lowest BCUT2D eigenvalue weighted by Gasteiger charge is -2.68. The summed E-state index contributed by atoms with van der Waals surface area (Å²) in [5.74, 6) is -0.800. The first-order valence-electron chi connectivity index (χ1n) is 11.5. The van der Waals surface area contributed by atoms with Crippen molar-refractivity contribution in [1.29, 1.82) is 0 Å². The molecule has 4 unspecified atom stereocenters. The Labute approximate surface area is 181 Å². The molecule has 0 aromatic heterocycles. The van der Waals surface area contributed by atoms with Crippen LogP contribution in [0.2, 0.25) is 0 Å². The van der Waals surface area contributed by atoms with E-state index < -0.39 is 22.2 Å². The highest BCUT2D eigenvalue weighted by molar-refractivity contribution is 5.93. The van der Waals surface area contributed by atoms with Crippen molar-refractivity contribution in [1.82, 2.24) is 0 Å². The summed E-state index contributed by atoms with van der Waals surface area (Å²) in [5, 5.41) is 11.8. The Morgan fingerprint density at radius 2 is 2.06 bits per heavy atom. The van der Waals surface area contributed by atoms with Gasteiger partial charge < -0.3 is 19.3 Å². The molecule has 168 valence electrons. The number of hydrogen-bond acceptors (Lipinski definition) is 7. The second kappa shape index (κ2) is 5.60. The molecule has 2 aliphatic heterocycles. The SMILES string of the molecule is COC(=O)CC[C@@]1(O)CC[C@H]2C34OC(=O)C3CC3=CC(=O)CC[C@]3(C)C43OC3C[C@@]21C. The lowest BCUT2D eigenvalue weighted by atomic mass is 9.40. The maximum absolute atomic E-state index is 12.7. The molecule has 8 atom stereocenters. The van der Waals surface area contributed by atoms with Crippen molar-refractivity contribution in [2.45, 2.75) is 88.1 Å². The van der Waals surface area contributed by atoms with Crippen LogP contribution in [-0.4, -0.2) is 52.8 Å². The van der Waals surface area contributed by atoms with Crippen LogP contribution < -0.4 is 0 Å². The number of carbonyl (C=O) groups is 3. The van der Waals surface area contributed by atoms with Gasteiger partial charge in [0.2, 0.25) is 0 Å². The molecule has 2 spiro atoms. The first-order valence-corrected chi connectivity index (χ1v) is 11.5. The minimum atomic E-state index is -1.04. The van der Waals surface area contributed by atoms with Crippen LogP contribution in [0.1, 0.15) is 65.2 Å². The molecule has 1 N–H and O–H groups in total. The van der Waals surface area contributed by atoms with Gasteiger partial charge in [0.15, 0.2) is 11.4 Å². The van der Waals surface area contributed by atoms with Gasteiger partial charge >= 0.3 is 11.9 Å². The minimum Gasteiger partial charge on any atom is -0.469 e. The Balaban J connectivity index is 1.44. The number of ether oxygens (including phenoxy) is 3. The predicted octanol–water partition coefficient (Wildman–Crippen LogP) is 2.24. The van der Waals surface area contributed by atoms with E-state index in [0.29, 0.717) is 38.5 Å². The van der Waals surface area contributed by atoms with E-state index in [0.717, 1.165) is 12.0 Å². The summed E-state index contributed by atoms with van der Waals surface area (Å²) in [6.45, 7) is 4.26. The zero-order chi connectivity index (χ0) is 22.0. The number of methoxy groups -OCH3 is 1. The van der Waals surface area contributed by atoms with Crippen LogP contribution in [0.15, 0.2) is 11.6 Å². The molecule has 0 aromatic rings. The maximum atomic E-state index is 12.7. The molecule has 5 fully saturated rings. The van der Waals surface area contributed by atoms with Crippen LogP contribution in [0.4, 0.5) is 0 Å². The summed E-state index contributed by atoms with van der Waals surface area (Å²) in [7, 11) is 1.36. The van der Waals surface area contributed by atoms with E-state index in [9.17, 15) is 19.5 Å². The summed E-state index contributed by atoms with van der Waals surface area (Å²) in [6, 6.07) is 0. The van der Waals surface area contributed by atoms with Gasteiger partial charge in [-0.05, 0) is 44.6 Å². The Morgan fingerprint density at radius 3 is 2.77 bits per heavy atom. The summed E-state index contributed by atoms with van der Waals surface area (Å²) in [5.41, 5.74) is -2.23. The quantitative estimate of drug-likeness (QED) is 0.541. The van der Waals surface area contributed by atoms with E-state index in [-0.39, 0.29) is 47.5 Å². The third-order valence-corrected chi connectivity index (χ3v) is 10.3. The second-order valence-electron chi connectivity index (χ2n) is 11.1. The van der Waals surface area contributed by atoms with E-state index in [1.54, 1.807) is 6.08 Å². The average molecular weight is 430 g/mol. The van der Waals surface area contributed by atoms with Gasteiger partial charge in [0.1, 0.15) is 11.5 Å². The Hall–Kier alpha value is -1.73. The highest BCUT2D eigenvalue weighted by Gasteiger charge is 2.93. The van der Waals surface area contributed by atoms with Crippen molar-refractivity contribution in [3.8, 4) is 0 Å². The molecule has 0 bridgehead atoms. The number of epoxide rings is 1. The van der Waals surface area contributed by atoms with Crippen LogP contribution >= 0.6 is 0 Å². The zero-order valence-corrected chi connectivity index (χ0v) is 18.4. The lowest BCUT2D eigenvalue weighted by Crippen LogP contribution is -2.80. The fourth-order valence-corrected chi connectivity index (χ4v) is 8.63. The average Bonchev–Trinajstić information content (AvgIpc) is 3.40. The van der Waals surface area contributed by atoms with Crippen LogP contribution in [-0.2, 0) is 28.6 Å². The largest absolute Gasteiger partial charge is 0.469 e. The lowest BCUT2D eigenvalue weighted by molar-refractivity contribution is -0.289. The van der Waals surface area contributed by atoms with E-state index >= 15 is 0 Å². The molecular formula is C24H30O7. The van der Waals surface area contributed by atoms with Gasteiger partial charge in [-0.1, -0.05) is 19.4 Å². The molecule has 2 heterocycles. The first kappa shape index (κ1) is 19.9. The first-order chi connectivity index (χ1) is 14.6. The van der Waals surface area contributed by atoms with E-state index in [1.807, 2.05) is 0 Å². The van der Waals surface area contributed by atoms with Crippen LogP contribution in [0, 0.1) is 22.7 Å². The minimum absolute atomic E-state index is 0.0416. The Bertz CT molecular complexity index is 956. The van der Waals surface area contributed by atoms with Crippen molar-refractivity contribution in [2.75, 3.05) is 7.11 Å². The van der Waals surface area contributed by atoms with Crippen LogP contribution in [0.3, 0.4) is 0 Å². The fraction of sp³-hybridized carbons (Fsp3) is 0.792. The van der Waals surface area contributed by atoms with Gasteiger partial charge in [0, 0.05) is 29.6 Å². The number of ketones is 1. The number of esters is 2. The number of hydrogen-bond donors (Lipinski definition) is 1. The molecule has 6 rings (SSSR count). The topological polar surface area (TPSA) is 102 Å². The molecule has 0 amide bonds. The summed E-state index contributed by atoms with van der Waals surface area (Å²) in [4.78, 5) is 36.7. The van der Waals surface area contributed by atoms with Gasteiger partial charge in [-0.3, -0.25) is 14.4 Å². The summed E-state index contributed by atoms with van der Waals surface area (Å²) < 4.78 is 17.5. The number of aliphatic hydroxyl groups is 1. The maximum Gasteiger partial charge on any atom is 0.314 e. The van der Waals surface area contributed by atoms with Crippen LogP contribution in [0.5, 0.6) is 0 Å². The highest BCUT2D eigenvalue weighted by Crippen LogP contribution is 2.81. The molecule has 7 heteroatoms. The molecule has 0 radical (unpaired) electrons. The highest BCUT2D eigenvalue weighted by atomic mass is 16.7. The number of carbonyl (C=O) groups excluding carboxylic acids is 3. The van der Waals surface area contributed by atoms with Crippen molar-refractivity contribution >= 4 is 17.7 Å². The fourth-order valence-electron chi connectivity index (χ4n) is 8.63. The van der Waals surface area contributed by atoms with Gasteiger partial charge in [0.25, 0.3) is 0 Å². The standard InChI is InChI=1S/C24H30O7/c1-20-7-4-14(25)10-13(20)11-15-19(27)31-23(15)16-5-8-22(28,9-6-18(26)29-3)21(16,2)12-17-24(20,23)30-17/h10,15-17,28H,4-9,11-12H2,1-3H3/t15?,16-,17?,20+,21+,22+,23?,24?/m1/s1. The summed E-state index contributed by atoms with van der Waals surface area (Å²) in [6.07, 6.45) is 5.79. The second-order valence-corrected chi connectivity index (χ2v) is 11.1. The van der Waals surface area contributed by atoms with Crippen molar-refractivity contribution in [3.05, 3.63) is 11.6 Å². The number of fused-ring (bicyclic) bond motifs is 2. The Morgan fingerprint density at radius 1 is 1.29 bits per heavy atom. The molecule has 3 saturated carbocycles. The molecule has 31 heavy (non-hydrogen) atoms. The van der Waals surface area contributed by atoms with Crippen molar-refractivity contribution in [3.63, 3.8) is 0 Å². The molecule has 7 nitrogen and oxygen atoms in total. The normalized spacial score (nSPS) is 53.5. The van der Waals surface area contributed by atoms with Gasteiger partial charge in [-0.2, -0.15) is 0 Å².